The molecule has 1 saturated heterocycles. The molecule has 3 aromatic rings. The van der Waals surface area contributed by atoms with Gasteiger partial charge >= 0.3 is 6.03 Å². The number of anilines is 3. The van der Waals surface area contributed by atoms with Crippen LogP contribution in [0.1, 0.15) is 19.3 Å². The number of likely N-dealkylation sites (tertiary alicyclic amines) is 1. The molecule has 31 heavy (non-hydrogen) atoms. The number of fused-ring (bicyclic) bond motifs is 1. The highest BCUT2D eigenvalue weighted by molar-refractivity contribution is 7.22. The zero-order valence-electron chi connectivity index (χ0n) is 17.2. The van der Waals surface area contributed by atoms with Gasteiger partial charge in [0.15, 0.2) is 5.13 Å². The van der Waals surface area contributed by atoms with Gasteiger partial charge in [0, 0.05) is 25.2 Å². The van der Waals surface area contributed by atoms with Gasteiger partial charge in [-0.2, -0.15) is 0 Å². The van der Waals surface area contributed by atoms with E-state index in [1.165, 1.54) is 36.7 Å². The number of carbonyl (C=O) groups is 1. The van der Waals surface area contributed by atoms with Gasteiger partial charge < -0.3 is 15.1 Å². The Labute approximate surface area is 189 Å². The van der Waals surface area contributed by atoms with Crippen LogP contribution in [0.25, 0.3) is 10.3 Å². The van der Waals surface area contributed by atoms with E-state index in [-0.39, 0.29) is 6.03 Å². The Morgan fingerprint density at radius 3 is 2.81 bits per heavy atom. The van der Waals surface area contributed by atoms with Crippen LogP contribution in [-0.2, 0) is 0 Å². The molecule has 4 rings (SSSR count). The highest BCUT2D eigenvalue weighted by atomic mass is 35.5. The van der Waals surface area contributed by atoms with Gasteiger partial charge in [0.2, 0.25) is 0 Å². The fraction of sp³-hybridized carbons (Fsp3) is 0.381. The van der Waals surface area contributed by atoms with Crippen molar-refractivity contribution in [1.29, 1.82) is 0 Å². The predicted octanol–water partition coefficient (Wildman–Crippen LogP) is 4.86. The number of thiazole rings is 1. The molecule has 1 aliphatic heterocycles. The number of urea groups is 1. The third kappa shape index (κ3) is 5.41. The van der Waals surface area contributed by atoms with Gasteiger partial charge in [0.25, 0.3) is 0 Å². The molecule has 10 heteroatoms. The summed E-state index contributed by atoms with van der Waals surface area (Å²) in [7, 11) is 1.73. The minimum Gasteiger partial charge on any atom is -0.337 e. The van der Waals surface area contributed by atoms with Gasteiger partial charge in [-0.05, 0) is 56.3 Å². The lowest BCUT2D eigenvalue weighted by Crippen LogP contribution is -2.39. The summed E-state index contributed by atoms with van der Waals surface area (Å²) in [5.74, 6) is 0.139. The van der Waals surface area contributed by atoms with E-state index in [9.17, 15) is 9.18 Å². The number of rotatable bonds is 6. The van der Waals surface area contributed by atoms with E-state index < -0.39 is 5.82 Å². The smallest absolute Gasteiger partial charge is 0.321 e. The van der Waals surface area contributed by atoms with Crippen molar-refractivity contribution in [2.24, 2.45) is 0 Å². The predicted molar refractivity (Wildman–Crippen MR) is 124 cm³/mol. The second-order valence-corrected chi connectivity index (χ2v) is 8.86. The summed E-state index contributed by atoms with van der Waals surface area (Å²) >= 11 is 7.11. The Morgan fingerprint density at radius 1 is 1.23 bits per heavy atom. The van der Waals surface area contributed by atoms with E-state index in [1.54, 1.807) is 36.2 Å². The van der Waals surface area contributed by atoms with Crippen LogP contribution in [0.3, 0.4) is 0 Å². The van der Waals surface area contributed by atoms with E-state index >= 15 is 0 Å². The maximum Gasteiger partial charge on any atom is 0.321 e. The normalized spacial score (nSPS) is 14.5. The third-order valence-electron chi connectivity index (χ3n) is 5.24. The van der Waals surface area contributed by atoms with Crippen molar-refractivity contribution in [2.45, 2.75) is 19.3 Å². The van der Waals surface area contributed by atoms with Gasteiger partial charge in [-0.15, -0.1) is 0 Å². The lowest BCUT2D eigenvalue weighted by Gasteiger charge is -2.26. The number of pyridine rings is 1. The number of piperidine rings is 1. The summed E-state index contributed by atoms with van der Waals surface area (Å²) in [6.07, 6.45) is 3.75. The topological polar surface area (TPSA) is 73.4 Å². The van der Waals surface area contributed by atoms with Crippen molar-refractivity contribution in [3.8, 4) is 0 Å². The largest absolute Gasteiger partial charge is 0.337 e. The van der Waals surface area contributed by atoms with E-state index in [4.69, 9.17) is 11.6 Å². The molecule has 1 aromatic carbocycles. The van der Waals surface area contributed by atoms with Gasteiger partial charge in [-0.25, -0.2) is 19.2 Å². The van der Waals surface area contributed by atoms with Crippen LogP contribution in [-0.4, -0.2) is 54.1 Å². The minimum absolute atomic E-state index is 0.281. The zero-order chi connectivity index (χ0) is 21.8. The number of nitrogens with zero attached hydrogens (tertiary/aromatic N) is 4. The first-order valence-electron chi connectivity index (χ1n) is 10.2. The summed E-state index contributed by atoms with van der Waals surface area (Å²) in [4.78, 5) is 25.9. The Morgan fingerprint density at radius 2 is 2.03 bits per heavy atom. The van der Waals surface area contributed by atoms with Crippen molar-refractivity contribution in [3.05, 3.63) is 41.2 Å². The first-order chi connectivity index (χ1) is 15.0. The monoisotopic (exact) mass is 462 g/mol. The van der Waals surface area contributed by atoms with Crippen LogP contribution in [0.15, 0.2) is 30.3 Å². The summed E-state index contributed by atoms with van der Waals surface area (Å²) in [6, 6.07) is 7.79. The Hall–Kier alpha value is -2.49. The second kappa shape index (κ2) is 9.76. The Bertz CT molecular complexity index is 1070. The average Bonchev–Trinajstić information content (AvgIpc) is 3.15. The summed E-state index contributed by atoms with van der Waals surface area (Å²) < 4.78 is 14.2. The molecule has 2 amide bonds. The molecule has 0 saturated carbocycles. The van der Waals surface area contributed by atoms with Crippen LogP contribution >= 0.6 is 22.9 Å². The van der Waals surface area contributed by atoms with Crippen LogP contribution in [0.5, 0.6) is 0 Å². The molecule has 0 radical (unpaired) electrons. The number of carbonyl (C=O) groups excluding carboxylic acids is 1. The molecule has 7 nitrogen and oxygen atoms in total. The first kappa shape index (κ1) is 21.7. The van der Waals surface area contributed by atoms with Gasteiger partial charge in [-0.3, -0.25) is 5.32 Å². The molecule has 1 aliphatic rings. The van der Waals surface area contributed by atoms with Crippen molar-refractivity contribution in [1.82, 2.24) is 20.2 Å². The lowest BCUT2D eigenvalue weighted by molar-refractivity contribution is 0.224. The second-order valence-electron chi connectivity index (χ2n) is 7.45. The minimum atomic E-state index is -0.426. The van der Waals surface area contributed by atoms with Crippen LogP contribution in [0.2, 0.25) is 5.02 Å². The van der Waals surface area contributed by atoms with E-state index in [0.717, 1.165) is 19.6 Å². The number of aromatic nitrogens is 2. The quantitative estimate of drug-likeness (QED) is 0.547. The van der Waals surface area contributed by atoms with Gasteiger partial charge in [0.05, 0.1) is 5.69 Å². The molecule has 0 unspecified atom stereocenters. The van der Waals surface area contributed by atoms with E-state index in [2.05, 4.69) is 25.5 Å². The SMILES string of the molecule is CN(c1ccc2nc(NC(=O)NCCN3CCCCC3)sc2n1)c1ccc(Cl)cc1F. The molecular formula is C21H24ClFN6OS. The van der Waals surface area contributed by atoms with Crippen LogP contribution in [0, 0.1) is 5.82 Å². The summed E-state index contributed by atoms with van der Waals surface area (Å²) in [6.45, 7) is 3.65. The van der Waals surface area contributed by atoms with E-state index in [1.807, 2.05) is 0 Å². The lowest BCUT2D eigenvalue weighted by atomic mass is 10.1. The number of hydrogen-bond acceptors (Lipinski definition) is 6. The maximum absolute atomic E-state index is 14.2. The fourth-order valence-electron chi connectivity index (χ4n) is 3.58. The highest BCUT2D eigenvalue weighted by Crippen LogP contribution is 2.30. The molecule has 0 atom stereocenters. The maximum atomic E-state index is 14.2. The van der Waals surface area contributed by atoms with Crippen molar-refractivity contribution in [2.75, 3.05) is 43.4 Å². The summed E-state index contributed by atoms with van der Waals surface area (Å²) in [5.41, 5.74) is 1.04. The molecule has 0 aliphatic carbocycles. The van der Waals surface area contributed by atoms with E-state index in [0.29, 0.717) is 38.6 Å². The number of halogens is 2. The third-order valence-corrected chi connectivity index (χ3v) is 6.35. The summed E-state index contributed by atoms with van der Waals surface area (Å²) in [5, 5.41) is 6.46. The number of nitrogens with one attached hydrogen (secondary N) is 2. The molecular weight excluding hydrogens is 439 g/mol. The first-order valence-corrected chi connectivity index (χ1v) is 11.4. The fourth-order valence-corrected chi connectivity index (χ4v) is 4.56. The van der Waals surface area contributed by atoms with Crippen LogP contribution in [0.4, 0.5) is 25.8 Å². The van der Waals surface area contributed by atoms with Gasteiger partial charge in [0.1, 0.15) is 22.0 Å². The molecule has 2 N–H and O–H groups in total. The zero-order valence-corrected chi connectivity index (χ0v) is 18.8. The molecule has 164 valence electrons. The van der Waals surface area contributed by atoms with Crippen molar-refractivity contribution >= 4 is 56.0 Å². The number of benzene rings is 1. The highest BCUT2D eigenvalue weighted by Gasteiger charge is 2.15. The number of hydrogen-bond donors (Lipinski definition) is 2. The number of amides is 2. The Kier molecular flexibility index (Phi) is 6.84. The molecule has 1 fully saturated rings. The average molecular weight is 463 g/mol. The van der Waals surface area contributed by atoms with Crippen molar-refractivity contribution < 1.29 is 9.18 Å². The molecule has 0 spiro atoms. The van der Waals surface area contributed by atoms with Gasteiger partial charge in [-0.1, -0.05) is 29.4 Å². The van der Waals surface area contributed by atoms with Crippen molar-refractivity contribution in [3.63, 3.8) is 0 Å². The molecule has 0 bridgehead atoms. The molecule has 2 aromatic heterocycles. The molecule has 3 heterocycles. The standard InChI is InChI=1S/C21H24ClFN6OS/c1-28(17-7-5-14(22)13-15(17)23)18-8-6-16-19(26-18)31-21(25-16)27-20(30)24-9-12-29-10-3-2-4-11-29/h5-8,13H,2-4,9-12H2,1H3,(H2,24,25,27,30). The Balaban J connectivity index is 1.38. The van der Waals surface area contributed by atoms with Crippen LogP contribution < -0.4 is 15.5 Å².